The molecule has 1 aliphatic heterocycles. The summed E-state index contributed by atoms with van der Waals surface area (Å²) in [5.41, 5.74) is 8.48. The SMILES string of the molecule is CC1CC(n2nnc3c2CN(C(=O)C[C@@H]2CCCC[C@@H]2N)CC3)C1. The van der Waals surface area contributed by atoms with Gasteiger partial charge in [-0.2, -0.15) is 0 Å². The molecule has 2 fully saturated rings. The molecule has 132 valence electrons. The Kier molecular flexibility index (Phi) is 4.33. The molecular formula is C18H29N5O. The third kappa shape index (κ3) is 2.96. The third-order valence-corrected chi connectivity index (χ3v) is 6.28. The molecule has 0 radical (unpaired) electrons. The van der Waals surface area contributed by atoms with Crippen LogP contribution in [0, 0.1) is 11.8 Å². The summed E-state index contributed by atoms with van der Waals surface area (Å²) in [5, 5.41) is 8.75. The lowest BCUT2D eigenvalue weighted by Crippen LogP contribution is -2.41. The number of rotatable bonds is 3. The first-order chi connectivity index (χ1) is 11.6. The molecule has 3 aliphatic rings. The minimum Gasteiger partial charge on any atom is -0.336 e. The molecule has 6 heteroatoms. The van der Waals surface area contributed by atoms with E-state index in [4.69, 9.17) is 5.73 Å². The van der Waals surface area contributed by atoms with Crippen LogP contribution < -0.4 is 5.73 Å². The number of fused-ring (bicyclic) bond motifs is 1. The summed E-state index contributed by atoms with van der Waals surface area (Å²) in [6, 6.07) is 0.685. The van der Waals surface area contributed by atoms with E-state index in [0.717, 1.165) is 37.4 Å². The van der Waals surface area contributed by atoms with Crippen LogP contribution in [0.4, 0.5) is 0 Å². The van der Waals surface area contributed by atoms with E-state index in [1.54, 1.807) is 0 Å². The summed E-state index contributed by atoms with van der Waals surface area (Å²) in [7, 11) is 0. The van der Waals surface area contributed by atoms with Gasteiger partial charge in [0.15, 0.2) is 0 Å². The number of hydrogen-bond donors (Lipinski definition) is 1. The second kappa shape index (κ2) is 6.47. The Morgan fingerprint density at radius 3 is 2.83 bits per heavy atom. The first-order valence-corrected chi connectivity index (χ1v) is 9.58. The molecule has 1 aromatic rings. The van der Waals surface area contributed by atoms with Crippen molar-refractivity contribution in [1.29, 1.82) is 0 Å². The largest absolute Gasteiger partial charge is 0.336 e. The van der Waals surface area contributed by atoms with Crippen molar-refractivity contribution < 1.29 is 4.79 Å². The molecule has 2 aliphatic carbocycles. The monoisotopic (exact) mass is 331 g/mol. The lowest BCUT2D eigenvalue weighted by Gasteiger charge is -2.36. The summed E-state index contributed by atoms with van der Waals surface area (Å²) in [4.78, 5) is 14.8. The fraction of sp³-hybridized carbons (Fsp3) is 0.833. The number of nitrogens with two attached hydrogens (primary N) is 1. The average molecular weight is 331 g/mol. The zero-order valence-corrected chi connectivity index (χ0v) is 14.7. The topological polar surface area (TPSA) is 77.0 Å². The molecule has 0 bridgehead atoms. The van der Waals surface area contributed by atoms with Gasteiger partial charge in [0, 0.05) is 25.4 Å². The predicted molar refractivity (Wildman–Crippen MR) is 91.1 cm³/mol. The average Bonchev–Trinajstić information content (AvgIpc) is 2.96. The van der Waals surface area contributed by atoms with Crippen molar-refractivity contribution in [2.45, 2.75) is 76.9 Å². The lowest BCUT2D eigenvalue weighted by atomic mass is 9.81. The molecule has 0 spiro atoms. The maximum Gasteiger partial charge on any atom is 0.223 e. The van der Waals surface area contributed by atoms with Gasteiger partial charge < -0.3 is 10.6 Å². The Hall–Kier alpha value is -1.43. The van der Waals surface area contributed by atoms with Gasteiger partial charge >= 0.3 is 0 Å². The number of nitrogens with zero attached hydrogens (tertiary/aromatic N) is 4. The van der Waals surface area contributed by atoms with E-state index in [9.17, 15) is 4.79 Å². The highest BCUT2D eigenvalue weighted by Crippen LogP contribution is 2.38. The molecule has 2 N–H and O–H groups in total. The third-order valence-electron chi connectivity index (χ3n) is 6.28. The van der Waals surface area contributed by atoms with Crippen LogP contribution in [0.5, 0.6) is 0 Å². The number of amides is 1. The standard InChI is InChI=1S/C18H29N5O/c1-12-8-14(9-12)23-17-11-22(7-6-16(17)20-21-23)18(24)10-13-4-2-3-5-15(13)19/h12-15H,2-11,19H2,1H3/t12?,13-,14?,15-/m0/s1. The molecule has 4 rings (SSSR count). The van der Waals surface area contributed by atoms with Crippen LogP contribution in [0.2, 0.25) is 0 Å². The van der Waals surface area contributed by atoms with E-state index in [2.05, 4.69) is 21.9 Å². The summed E-state index contributed by atoms with van der Waals surface area (Å²) in [5.74, 6) is 1.41. The number of carbonyl (C=O) groups excluding carboxylic acids is 1. The normalized spacial score (nSPS) is 33.0. The Labute approximate surface area is 143 Å². The minimum absolute atomic E-state index is 0.201. The van der Waals surface area contributed by atoms with Crippen LogP contribution in [-0.4, -0.2) is 38.4 Å². The van der Waals surface area contributed by atoms with Crippen molar-refractivity contribution in [1.82, 2.24) is 19.9 Å². The molecule has 0 aromatic carbocycles. The lowest BCUT2D eigenvalue weighted by molar-refractivity contribution is -0.133. The number of carbonyl (C=O) groups is 1. The van der Waals surface area contributed by atoms with Crippen LogP contribution in [0.15, 0.2) is 0 Å². The highest BCUT2D eigenvalue weighted by atomic mass is 16.2. The number of aromatic nitrogens is 3. The predicted octanol–water partition coefficient (Wildman–Crippen LogP) is 2.04. The molecule has 2 saturated carbocycles. The minimum atomic E-state index is 0.201. The van der Waals surface area contributed by atoms with Crippen molar-refractivity contribution >= 4 is 5.91 Å². The smallest absolute Gasteiger partial charge is 0.223 e. The summed E-state index contributed by atoms with van der Waals surface area (Å²) in [6.07, 6.45) is 8.40. The molecule has 2 atom stereocenters. The van der Waals surface area contributed by atoms with Gasteiger partial charge in [-0.15, -0.1) is 5.10 Å². The summed E-state index contributed by atoms with van der Waals surface area (Å²) < 4.78 is 2.10. The fourth-order valence-corrected chi connectivity index (χ4v) is 4.61. The maximum atomic E-state index is 12.8. The van der Waals surface area contributed by atoms with Crippen LogP contribution in [0.1, 0.15) is 69.3 Å². The molecule has 24 heavy (non-hydrogen) atoms. The van der Waals surface area contributed by atoms with E-state index >= 15 is 0 Å². The Morgan fingerprint density at radius 2 is 2.08 bits per heavy atom. The van der Waals surface area contributed by atoms with E-state index in [1.165, 1.54) is 31.4 Å². The van der Waals surface area contributed by atoms with Gasteiger partial charge in [0.2, 0.25) is 5.91 Å². The number of hydrogen-bond acceptors (Lipinski definition) is 4. The van der Waals surface area contributed by atoms with E-state index in [0.29, 0.717) is 24.9 Å². The second-order valence-electron chi connectivity index (χ2n) is 8.14. The van der Waals surface area contributed by atoms with Gasteiger partial charge in [-0.25, -0.2) is 4.68 Å². The molecule has 0 unspecified atom stereocenters. The zero-order valence-electron chi connectivity index (χ0n) is 14.7. The van der Waals surface area contributed by atoms with Gasteiger partial charge in [0.25, 0.3) is 0 Å². The Bertz CT molecular complexity index is 607. The quantitative estimate of drug-likeness (QED) is 0.919. The van der Waals surface area contributed by atoms with Crippen molar-refractivity contribution in [3.8, 4) is 0 Å². The van der Waals surface area contributed by atoms with Crippen molar-refractivity contribution in [2.24, 2.45) is 17.6 Å². The van der Waals surface area contributed by atoms with Crippen molar-refractivity contribution in [3.63, 3.8) is 0 Å². The van der Waals surface area contributed by atoms with E-state index < -0.39 is 0 Å². The van der Waals surface area contributed by atoms with Crippen molar-refractivity contribution in [2.75, 3.05) is 6.54 Å². The molecule has 1 amide bonds. The van der Waals surface area contributed by atoms with Crippen LogP contribution >= 0.6 is 0 Å². The highest BCUT2D eigenvalue weighted by Gasteiger charge is 2.34. The van der Waals surface area contributed by atoms with Crippen molar-refractivity contribution in [3.05, 3.63) is 11.4 Å². The molecule has 2 heterocycles. The summed E-state index contributed by atoms with van der Waals surface area (Å²) >= 11 is 0. The molecule has 0 saturated heterocycles. The van der Waals surface area contributed by atoms with Crippen LogP contribution in [-0.2, 0) is 17.8 Å². The van der Waals surface area contributed by atoms with Gasteiger partial charge in [0.05, 0.1) is 24.0 Å². The van der Waals surface area contributed by atoms with Crippen LogP contribution in [0.3, 0.4) is 0 Å². The van der Waals surface area contributed by atoms with Gasteiger partial charge in [0.1, 0.15) is 0 Å². The fourth-order valence-electron chi connectivity index (χ4n) is 4.61. The molecular weight excluding hydrogens is 302 g/mol. The van der Waals surface area contributed by atoms with Gasteiger partial charge in [-0.1, -0.05) is 25.0 Å². The highest BCUT2D eigenvalue weighted by molar-refractivity contribution is 5.76. The van der Waals surface area contributed by atoms with Gasteiger partial charge in [-0.3, -0.25) is 4.79 Å². The first kappa shape index (κ1) is 16.1. The Morgan fingerprint density at radius 1 is 1.29 bits per heavy atom. The second-order valence-corrected chi connectivity index (χ2v) is 8.14. The Balaban J connectivity index is 1.42. The zero-order chi connectivity index (χ0) is 16.7. The van der Waals surface area contributed by atoms with E-state index in [-0.39, 0.29) is 11.9 Å². The maximum absolute atomic E-state index is 12.8. The molecule has 1 aromatic heterocycles. The van der Waals surface area contributed by atoms with E-state index in [1.807, 2.05) is 4.90 Å². The first-order valence-electron chi connectivity index (χ1n) is 9.58. The van der Waals surface area contributed by atoms with Crippen LogP contribution in [0.25, 0.3) is 0 Å². The van der Waals surface area contributed by atoms with Gasteiger partial charge in [-0.05, 0) is 37.5 Å². The molecule has 6 nitrogen and oxygen atoms in total. The summed E-state index contributed by atoms with van der Waals surface area (Å²) in [6.45, 7) is 3.73.